The number of carboxylic acids is 1. The number of Topliss-reactive ketones (excluding diaryl/α,β-unsaturated/α-hetero) is 1. The molecule has 0 fully saturated rings. The monoisotopic (exact) mass is 1720 g/mol. The first-order valence-corrected chi connectivity index (χ1v) is 42.4. The van der Waals surface area contributed by atoms with Crippen molar-refractivity contribution in [3.8, 4) is 85.5 Å². The Labute approximate surface area is 708 Å². The Morgan fingerprint density at radius 2 is 0.639 bits per heavy atom. The van der Waals surface area contributed by atoms with E-state index in [2.05, 4.69) is 123 Å². The summed E-state index contributed by atoms with van der Waals surface area (Å²) in [5.41, 5.74) is 11.8. The van der Waals surface area contributed by atoms with Crippen molar-refractivity contribution in [2.24, 2.45) is 0 Å². The van der Waals surface area contributed by atoms with E-state index in [9.17, 15) is 66.0 Å². The molecule has 638 valence electrons. The number of halogens is 1. The van der Waals surface area contributed by atoms with Crippen LogP contribution in [0.25, 0.3) is 89.2 Å². The fourth-order valence-electron chi connectivity index (χ4n) is 11.4. The van der Waals surface area contributed by atoms with Crippen molar-refractivity contribution in [2.45, 2.75) is 73.1 Å². The topological polar surface area (TPSA) is 389 Å². The summed E-state index contributed by atoms with van der Waals surface area (Å²) in [5.74, 6) is 1.49. The highest BCUT2D eigenvalue weighted by Gasteiger charge is 2.19. The zero-order valence-electron chi connectivity index (χ0n) is 67.8. The molecule has 122 heavy (non-hydrogen) atoms. The molecule has 0 unspecified atom stereocenters. The highest BCUT2D eigenvalue weighted by molar-refractivity contribution is 8.13. The van der Waals surface area contributed by atoms with Crippen LogP contribution in [0.1, 0.15) is 98.8 Å². The summed E-state index contributed by atoms with van der Waals surface area (Å²) >= 11 is 0. The standard InChI is InChI=1S/C26H22O2.C22H14O6.C15H18O7S.C15H18O4.C14H16O5.CH3ClO2S/c1-15-5-7-17(3)25-21(15)13-23(27-25)19-9-11-20(12-10-19)24-14-22-16(2)6-8-18(4)26(22)28-24;23-15-5-7-17(25)21-13(15)9-19(27-21)11-1-2-12(4-3-11)20-10-14-16(24)6-8-18(26)22(14)28-20;1-3-14(16)21-11-5-4-10-20-13-8-6-12(7-9-13)15(17)22-23(2,18)19;1-3-15(17)19-11-5-4-10-18-14-8-6-13(7-9-14)12(2)16;1-2-13(15)19-10-4-3-9-18-12-7-5-11(6-8-12)14(16)17;1-5(2,3)4/h5-14H,1-4H3;1-10,23-26H;3,6-9H,1,4-5,10-11H2,2H3;3,6-9H,1,4-5,10-11H2,2H3;2,5-8H,1,3-4,9-10H2,(H,16,17);1H3. The molecule has 0 atom stereocenters. The molecule has 29 heteroatoms. The van der Waals surface area contributed by atoms with Crippen molar-refractivity contribution in [3.05, 3.63) is 271 Å². The summed E-state index contributed by atoms with van der Waals surface area (Å²) in [7, 11) is -2.53. The van der Waals surface area contributed by atoms with Gasteiger partial charge in [0.1, 0.15) is 63.0 Å². The average molecular weight is 1720 g/mol. The maximum Gasteiger partial charge on any atom is 0.353 e. The largest absolute Gasteiger partial charge is 0.507 e. The van der Waals surface area contributed by atoms with Crippen molar-refractivity contribution in [3.63, 3.8) is 0 Å². The number of carboxylic acid groups (broad SMARTS) is 1. The molecule has 0 radical (unpaired) electrons. The highest BCUT2D eigenvalue weighted by atomic mass is 35.7. The summed E-state index contributed by atoms with van der Waals surface area (Å²) in [4.78, 5) is 65.5. The third-order valence-electron chi connectivity index (χ3n) is 17.7. The molecular weight excluding hydrogens is 1630 g/mol. The lowest BCUT2D eigenvalue weighted by atomic mass is 10.0. The van der Waals surface area contributed by atoms with Crippen LogP contribution in [0, 0.1) is 27.7 Å². The molecule has 13 rings (SSSR count). The molecule has 0 amide bonds. The summed E-state index contributed by atoms with van der Waals surface area (Å²) < 4.78 is 99.3. The number of phenols is 4. The predicted octanol–water partition coefficient (Wildman–Crippen LogP) is 20.0. The fourth-order valence-corrected chi connectivity index (χ4v) is 11.7. The number of aryl methyl sites for hydroxylation is 4. The lowest BCUT2D eigenvalue weighted by molar-refractivity contribution is -0.138. The van der Waals surface area contributed by atoms with Crippen LogP contribution >= 0.6 is 10.7 Å². The second kappa shape index (κ2) is 44.8. The zero-order chi connectivity index (χ0) is 88.8. The number of carbonyl (C=O) groups excluding carboxylic acids is 5. The summed E-state index contributed by atoms with van der Waals surface area (Å²) in [5, 5.41) is 51.6. The minimum atomic E-state index is -3.84. The van der Waals surface area contributed by atoms with E-state index >= 15 is 0 Å². The molecule has 26 nitrogen and oxygen atoms in total. The first-order chi connectivity index (χ1) is 58.1. The number of esters is 3. The van der Waals surface area contributed by atoms with E-state index < -0.39 is 49.0 Å². The Morgan fingerprint density at radius 1 is 0.369 bits per heavy atom. The van der Waals surface area contributed by atoms with E-state index in [0.29, 0.717) is 98.3 Å². The lowest BCUT2D eigenvalue weighted by Gasteiger charge is -2.07. The second-order valence-electron chi connectivity index (χ2n) is 27.1. The Kier molecular flexibility index (Phi) is 34.4. The molecule has 0 aliphatic heterocycles. The number of hydrogen-bond donors (Lipinski definition) is 5. The number of phenolic OH excluding ortho intramolecular Hbond substituents is 4. The molecule has 0 aliphatic carbocycles. The molecule has 5 N–H and O–H groups in total. The maximum absolute atomic E-state index is 11.5. The van der Waals surface area contributed by atoms with E-state index in [4.69, 9.17) is 51.2 Å². The van der Waals surface area contributed by atoms with Gasteiger partial charge >= 0.3 is 40.0 Å². The molecule has 4 heterocycles. The fraction of sp³-hybridized carbons (Fsp3) is 0.204. The maximum atomic E-state index is 11.5. The van der Waals surface area contributed by atoms with E-state index in [1.807, 2.05) is 24.3 Å². The number of ketones is 1. The second-order valence-corrected chi connectivity index (χ2v) is 31.8. The highest BCUT2D eigenvalue weighted by Crippen LogP contribution is 2.42. The van der Waals surface area contributed by atoms with Gasteiger partial charge in [0, 0.05) is 67.5 Å². The van der Waals surface area contributed by atoms with E-state index in [-0.39, 0.29) is 51.1 Å². The quantitative estimate of drug-likeness (QED) is 0.00425. The number of carbonyl (C=O) groups is 6. The Morgan fingerprint density at radius 3 is 0.918 bits per heavy atom. The van der Waals surface area contributed by atoms with Gasteiger partial charge in [-0.1, -0.05) is 92.5 Å². The van der Waals surface area contributed by atoms with Crippen LogP contribution in [0.4, 0.5) is 0 Å². The number of rotatable bonds is 29. The van der Waals surface area contributed by atoms with Crippen LogP contribution < -0.4 is 14.2 Å². The molecule has 0 saturated heterocycles. The number of furan rings is 4. The predicted molar refractivity (Wildman–Crippen MR) is 464 cm³/mol. The van der Waals surface area contributed by atoms with Crippen molar-refractivity contribution in [1.82, 2.24) is 0 Å². The van der Waals surface area contributed by atoms with Gasteiger partial charge in [0.15, 0.2) is 28.4 Å². The number of hydrogen-bond acceptors (Lipinski definition) is 25. The minimum Gasteiger partial charge on any atom is -0.507 e. The van der Waals surface area contributed by atoms with Crippen LogP contribution in [0.3, 0.4) is 0 Å². The van der Waals surface area contributed by atoms with Crippen molar-refractivity contribution in [1.29, 1.82) is 0 Å². The summed E-state index contributed by atoms with van der Waals surface area (Å²) in [6.45, 7) is 22.3. The van der Waals surface area contributed by atoms with Gasteiger partial charge in [-0.25, -0.2) is 32.4 Å². The van der Waals surface area contributed by atoms with E-state index in [1.165, 1.54) is 89.5 Å². The van der Waals surface area contributed by atoms with Crippen LogP contribution in [-0.4, -0.2) is 130 Å². The molecule has 4 aromatic heterocycles. The van der Waals surface area contributed by atoms with E-state index in [0.717, 1.165) is 112 Å². The Bertz CT molecular complexity index is 5380. The smallest absolute Gasteiger partial charge is 0.353 e. The molecular formula is C93H91ClO26S2. The molecule has 9 aromatic carbocycles. The number of ether oxygens (including phenoxy) is 6. The van der Waals surface area contributed by atoms with Crippen LogP contribution in [-0.2, 0) is 51.9 Å². The van der Waals surface area contributed by atoms with Crippen LogP contribution in [0.2, 0.25) is 0 Å². The van der Waals surface area contributed by atoms with E-state index in [1.54, 1.807) is 48.5 Å². The minimum absolute atomic E-state index is 0.0290. The normalized spacial score (nSPS) is 10.8. The first-order valence-electron chi connectivity index (χ1n) is 37.8. The first kappa shape index (κ1) is 93.7. The van der Waals surface area contributed by atoms with Gasteiger partial charge in [0.05, 0.1) is 74.1 Å². The molecule has 0 bridgehead atoms. The van der Waals surface area contributed by atoms with Gasteiger partial charge in [0.2, 0.25) is 9.05 Å². The molecule has 0 spiro atoms. The van der Waals surface area contributed by atoms with Crippen molar-refractivity contribution >= 4 is 109 Å². The number of benzene rings is 9. The summed E-state index contributed by atoms with van der Waals surface area (Å²) in [6.07, 6.45) is 9.41. The lowest BCUT2D eigenvalue weighted by Crippen LogP contribution is -2.11. The van der Waals surface area contributed by atoms with Gasteiger partial charge in [-0.2, -0.15) is 8.42 Å². The van der Waals surface area contributed by atoms with Crippen molar-refractivity contribution in [2.75, 3.05) is 52.2 Å². The average Bonchev–Trinajstić information content (AvgIpc) is 1.64. The Hall–Kier alpha value is -13.8. The van der Waals surface area contributed by atoms with Gasteiger partial charge in [0.25, 0.3) is 0 Å². The zero-order valence-corrected chi connectivity index (χ0v) is 70.2. The third-order valence-corrected chi connectivity index (χ3v) is 18.2. The molecule has 0 aliphatic rings. The number of aromatic carboxylic acids is 1. The summed E-state index contributed by atoms with van der Waals surface area (Å²) in [6, 6.07) is 56.5. The number of fused-ring (bicyclic) bond motifs is 4. The van der Waals surface area contributed by atoms with Gasteiger partial charge in [-0.05, 0) is 217 Å². The molecule has 13 aromatic rings. The third kappa shape index (κ3) is 28.7. The van der Waals surface area contributed by atoms with Crippen LogP contribution in [0.15, 0.2) is 250 Å². The number of aromatic hydroxyl groups is 4. The van der Waals surface area contributed by atoms with Gasteiger partial charge in [-0.15, -0.1) is 0 Å². The molecule has 0 saturated carbocycles. The van der Waals surface area contributed by atoms with Crippen molar-refractivity contribution < 1.29 is 121 Å². The van der Waals surface area contributed by atoms with Gasteiger partial charge < -0.3 is 75.8 Å². The Balaban J connectivity index is 0.000000189. The van der Waals surface area contributed by atoms with Gasteiger partial charge in [-0.3, -0.25) is 4.79 Å². The SMILES string of the molecule is C=CC(=O)OCCCCOc1ccc(C(=O)O)cc1.C=CC(=O)OCCCCOc1ccc(C(=O)OS(C)(=O)=O)cc1.C=CC(=O)OCCCCOc1ccc(C(C)=O)cc1.CS(=O)(=O)Cl.Cc1ccc(C)c2oc(-c3ccc(-c4cc5c(C)ccc(C)c5o4)cc3)cc12.Oc1ccc(O)c2oc(-c3ccc(-c4cc5c(O)ccc(O)c5o4)cc3)cc12. The van der Waals surface area contributed by atoms with Crippen LogP contribution in [0.5, 0.6) is 40.2 Å². The number of unbranched alkanes of at least 4 members (excludes halogenated alkanes) is 3.